The lowest BCUT2D eigenvalue weighted by atomic mass is 10.1. The first kappa shape index (κ1) is 21.7. The molecule has 1 aliphatic rings. The third kappa shape index (κ3) is 5.39. The van der Waals surface area contributed by atoms with Crippen molar-refractivity contribution < 1.29 is 19.1 Å². The summed E-state index contributed by atoms with van der Waals surface area (Å²) in [5, 5.41) is 6.35. The van der Waals surface area contributed by atoms with Gasteiger partial charge in [0.1, 0.15) is 6.61 Å². The summed E-state index contributed by atoms with van der Waals surface area (Å²) in [4.78, 5) is 24.7. The predicted molar refractivity (Wildman–Crippen MR) is 125 cm³/mol. The normalized spacial score (nSPS) is 12.7. The zero-order chi connectivity index (χ0) is 22.5. The molecule has 6 nitrogen and oxygen atoms in total. The van der Waals surface area contributed by atoms with E-state index in [1.54, 1.807) is 48.5 Å². The number of ether oxygens (including phenoxy) is 2. The summed E-state index contributed by atoms with van der Waals surface area (Å²) in [6.07, 6.45) is 1.87. The van der Waals surface area contributed by atoms with Gasteiger partial charge >= 0.3 is 0 Å². The van der Waals surface area contributed by atoms with Gasteiger partial charge in [0.05, 0.1) is 7.11 Å². The Morgan fingerprint density at radius 2 is 1.69 bits per heavy atom. The minimum absolute atomic E-state index is 0.0191. The highest BCUT2D eigenvalue weighted by Gasteiger charge is 2.29. The molecular formula is C25H23ClN2O4. The van der Waals surface area contributed by atoms with Crippen LogP contribution in [0.25, 0.3) is 0 Å². The number of anilines is 2. The van der Waals surface area contributed by atoms with E-state index in [-0.39, 0.29) is 24.3 Å². The number of hydrogen-bond donors (Lipinski definition) is 2. The van der Waals surface area contributed by atoms with Crippen LogP contribution in [-0.2, 0) is 11.4 Å². The minimum atomic E-state index is -0.299. The van der Waals surface area contributed by atoms with Gasteiger partial charge in [-0.2, -0.15) is 0 Å². The Morgan fingerprint density at radius 1 is 0.938 bits per heavy atom. The minimum Gasteiger partial charge on any atom is -0.493 e. The van der Waals surface area contributed by atoms with Crippen LogP contribution in [0, 0.1) is 5.92 Å². The number of nitrogens with one attached hydrogen (secondary N) is 2. The van der Waals surface area contributed by atoms with Gasteiger partial charge in [0.25, 0.3) is 5.91 Å². The number of methoxy groups -OCH3 is 1. The summed E-state index contributed by atoms with van der Waals surface area (Å²) in [7, 11) is 1.52. The number of amides is 2. The second-order valence-electron chi connectivity index (χ2n) is 7.54. The van der Waals surface area contributed by atoms with E-state index >= 15 is 0 Å². The van der Waals surface area contributed by atoms with E-state index in [0.717, 1.165) is 18.4 Å². The van der Waals surface area contributed by atoms with Crippen LogP contribution in [0.1, 0.15) is 28.8 Å². The van der Waals surface area contributed by atoms with Crippen LogP contribution < -0.4 is 20.1 Å². The zero-order valence-electron chi connectivity index (χ0n) is 17.6. The maximum atomic E-state index is 12.8. The Labute approximate surface area is 191 Å². The molecule has 2 N–H and O–H groups in total. The number of benzene rings is 3. The van der Waals surface area contributed by atoms with Crippen LogP contribution in [0.5, 0.6) is 11.5 Å². The number of halogens is 1. The highest BCUT2D eigenvalue weighted by molar-refractivity contribution is 6.31. The lowest BCUT2D eigenvalue weighted by Crippen LogP contribution is -2.15. The molecule has 32 heavy (non-hydrogen) atoms. The van der Waals surface area contributed by atoms with E-state index in [1.807, 2.05) is 18.2 Å². The average Bonchev–Trinajstić information content (AvgIpc) is 3.64. The van der Waals surface area contributed by atoms with Crippen molar-refractivity contribution in [3.63, 3.8) is 0 Å². The number of rotatable bonds is 8. The quantitative estimate of drug-likeness (QED) is 0.473. The van der Waals surface area contributed by atoms with Gasteiger partial charge in [0.15, 0.2) is 11.5 Å². The summed E-state index contributed by atoms with van der Waals surface area (Å²) in [5.74, 6) is 0.778. The van der Waals surface area contributed by atoms with Crippen molar-refractivity contribution in [3.05, 3.63) is 82.9 Å². The number of hydrogen-bond acceptors (Lipinski definition) is 4. The molecule has 0 aliphatic heterocycles. The SMILES string of the molecule is COc1cc(C(=O)Nc2cccc(NC(=O)C3CC3)c2)ccc1OCc1ccccc1Cl. The summed E-state index contributed by atoms with van der Waals surface area (Å²) in [5.41, 5.74) is 2.51. The van der Waals surface area contributed by atoms with Crippen LogP contribution in [0.15, 0.2) is 66.7 Å². The molecule has 2 amide bonds. The summed E-state index contributed by atoms with van der Waals surface area (Å²) >= 11 is 6.18. The topological polar surface area (TPSA) is 76.7 Å². The zero-order valence-corrected chi connectivity index (χ0v) is 18.3. The number of carbonyl (C=O) groups excluding carboxylic acids is 2. The van der Waals surface area contributed by atoms with Crippen molar-refractivity contribution in [1.29, 1.82) is 0 Å². The second-order valence-corrected chi connectivity index (χ2v) is 7.95. The fourth-order valence-corrected chi connectivity index (χ4v) is 3.36. The molecule has 0 atom stereocenters. The van der Waals surface area contributed by atoms with E-state index in [0.29, 0.717) is 33.5 Å². The van der Waals surface area contributed by atoms with Gasteiger partial charge in [-0.1, -0.05) is 35.9 Å². The Balaban J connectivity index is 1.42. The molecule has 0 aromatic heterocycles. The first-order valence-electron chi connectivity index (χ1n) is 10.3. The lowest BCUT2D eigenvalue weighted by molar-refractivity contribution is -0.117. The molecule has 0 radical (unpaired) electrons. The summed E-state index contributed by atoms with van der Waals surface area (Å²) in [6.45, 7) is 0.279. The molecular weight excluding hydrogens is 428 g/mol. The molecule has 3 aromatic rings. The van der Waals surface area contributed by atoms with Crippen molar-refractivity contribution in [2.75, 3.05) is 17.7 Å². The molecule has 0 spiro atoms. The second kappa shape index (κ2) is 9.75. The third-order valence-electron chi connectivity index (χ3n) is 5.10. The van der Waals surface area contributed by atoms with Gasteiger partial charge < -0.3 is 20.1 Å². The first-order valence-corrected chi connectivity index (χ1v) is 10.7. The van der Waals surface area contributed by atoms with E-state index in [2.05, 4.69) is 10.6 Å². The highest BCUT2D eigenvalue weighted by Crippen LogP contribution is 2.31. The third-order valence-corrected chi connectivity index (χ3v) is 5.47. The van der Waals surface area contributed by atoms with Gasteiger partial charge in [-0.3, -0.25) is 9.59 Å². The first-order chi connectivity index (χ1) is 15.5. The van der Waals surface area contributed by atoms with Crippen molar-refractivity contribution in [2.45, 2.75) is 19.4 Å². The largest absolute Gasteiger partial charge is 0.493 e. The van der Waals surface area contributed by atoms with E-state index in [4.69, 9.17) is 21.1 Å². The van der Waals surface area contributed by atoms with Gasteiger partial charge in [-0.25, -0.2) is 0 Å². The predicted octanol–water partition coefficient (Wildman–Crippen LogP) is 5.53. The standard InChI is InChI=1S/C25H23ClN2O4/c1-31-23-13-17(11-12-22(23)32-15-18-5-2-3-8-21(18)26)25(30)28-20-7-4-6-19(14-20)27-24(29)16-9-10-16/h2-8,11-14,16H,9-10,15H2,1H3,(H,27,29)(H,28,30). The van der Waals surface area contributed by atoms with Crippen LogP contribution in [0.2, 0.25) is 5.02 Å². The van der Waals surface area contributed by atoms with E-state index in [1.165, 1.54) is 7.11 Å². The molecule has 3 aromatic carbocycles. The van der Waals surface area contributed by atoms with Gasteiger partial charge in [-0.15, -0.1) is 0 Å². The Kier molecular flexibility index (Phi) is 6.61. The van der Waals surface area contributed by atoms with Crippen LogP contribution in [0.4, 0.5) is 11.4 Å². The smallest absolute Gasteiger partial charge is 0.255 e. The molecule has 4 rings (SSSR count). The van der Waals surface area contributed by atoms with Gasteiger partial charge in [0.2, 0.25) is 5.91 Å². The fraction of sp³-hybridized carbons (Fsp3) is 0.200. The lowest BCUT2D eigenvalue weighted by Gasteiger charge is -2.13. The van der Waals surface area contributed by atoms with Crippen LogP contribution in [0.3, 0.4) is 0 Å². The van der Waals surface area contributed by atoms with Crippen LogP contribution >= 0.6 is 11.6 Å². The molecule has 0 heterocycles. The molecule has 1 saturated carbocycles. The Hall–Kier alpha value is -3.51. The van der Waals surface area contributed by atoms with E-state index < -0.39 is 0 Å². The molecule has 7 heteroatoms. The Morgan fingerprint density at radius 3 is 2.41 bits per heavy atom. The van der Waals surface area contributed by atoms with Gasteiger partial charge in [0, 0.05) is 33.4 Å². The molecule has 1 fully saturated rings. The molecule has 0 saturated heterocycles. The van der Waals surface area contributed by atoms with Crippen molar-refractivity contribution in [1.82, 2.24) is 0 Å². The van der Waals surface area contributed by atoms with Crippen molar-refractivity contribution >= 4 is 34.8 Å². The van der Waals surface area contributed by atoms with Gasteiger partial charge in [-0.05, 0) is 55.3 Å². The Bertz CT molecular complexity index is 1140. The molecule has 1 aliphatic carbocycles. The van der Waals surface area contributed by atoms with Crippen LogP contribution in [-0.4, -0.2) is 18.9 Å². The number of carbonyl (C=O) groups is 2. The molecule has 0 unspecified atom stereocenters. The monoisotopic (exact) mass is 450 g/mol. The van der Waals surface area contributed by atoms with E-state index in [9.17, 15) is 9.59 Å². The highest BCUT2D eigenvalue weighted by atomic mass is 35.5. The molecule has 0 bridgehead atoms. The maximum Gasteiger partial charge on any atom is 0.255 e. The summed E-state index contributed by atoms with van der Waals surface area (Å²) in [6, 6.07) is 19.5. The molecule has 164 valence electrons. The van der Waals surface area contributed by atoms with Crippen molar-refractivity contribution in [2.24, 2.45) is 5.92 Å². The van der Waals surface area contributed by atoms with Crippen molar-refractivity contribution in [3.8, 4) is 11.5 Å². The summed E-state index contributed by atoms with van der Waals surface area (Å²) < 4.78 is 11.3. The fourth-order valence-electron chi connectivity index (χ4n) is 3.17. The average molecular weight is 451 g/mol. The maximum absolute atomic E-state index is 12.8.